The molecule has 3 unspecified atom stereocenters. The minimum atomic E-state index is -1.21. The minimum Gasteiger partial charge on any atom is -0.494 e. The second kappa shape index (κ2) is 8.58. The number of aryl methyl sites for hydroxylation is 1. The van der Waals surface area contributed by atoms with Crippen LogP contribution in [0.25, 0.3) is 11.4 Å². The molecule has 1 aromatic carbocycles. The van der Waals surface area contributed by atoms with E-state index in [1.165, 1.54) is 0 Å². The van der Waals surface area contributed by atoms with Gasteiger partial charge in [0.05, 0.1) is 34.9 Å². The molecule has 2 fully saturated rings. The van der Waals surface area contributed by atoms with Crippen molar-refractivity contribution in [3.8, 4) is 17.1 Å². The van der Waals surface area contributed by atoms with Crippen LogP contribution < -0.4 is 14.8 Å². The van der Waals surface area contributed by atoms with Crippen molar-refractivity contribution in [3.63, 3.8) is 0 Å². The number of hydrogen-bond acceptors (Lipinski definition) is 7. The van der Waals surface area contributed by atoms with E-state index in [9.17, 15) is 9.00 Å². The molecule has 2 heterocycles. The first-order chi connectivity index (χ1) is 15.9. The fraction of sp³-hybridized carbons (Fsp3) is 0.391. The molecule has 2 aliphatic rings. The minimum absolute atomic E-state index is 0.0403. The van der Waals surface area contributed by atoms with Gasteiger partial charge in [0.1, 0.15) is 23.1 Å². The summed E-state index contributed by atoms with van der Waals surface area (Å²) in [6.07, 6.45) is 5.92. The number of nitrogens with one attached hydrogen (secondary N) is 2. The number of ether oxygens (including phenoxy) is 1. The van der Waals surface area contributed by atoms with Gasteiger partial charge in [0.25, 0.3) is 0 Å². The molecule has 10 heteroatoms. The monoisotopic (exact) mass is 466 g/mol. The molecule has 0 aliphatic heterocycles. The Hall–Kier alpha value is -3.27. The van der Waals surface area contributed by atoms with E-state index < -0.39 is 11.0 Å². The number of ketones is 1. The zero-order chi connectivity index (χ0) is 23.1. The van der Waals surface area contributed by atoms with Crippen LogP contribution in [-0.2, 0) is 18.0 Å². The van der Waals surface area contributed by atoms with E-state index in [-0.39, 0.29) is 17.0 Å². The molecule has 0 spiro atoms. The number of anilines is 3. The van der Waals surface area contributed by atoms with Gasteiger partial charge in [-0.3, -0.25) is 14.2 Å². The highest BCUT2D eigenvalue weighted by atomic mass is 32.2. The molecule has 2 aliphatic carbocycles. The van der Waals surface area contributed by atoms with Crippen molar-refractivity contribution < 1.29 is 13.7 Å². The third-order valence-electron chi connectivity index (χ3n) is 5.96. The Morgan fingerprint density at radius 2 is 2.03 bits per heavy atom. The van der Waals surface area contributed by atoms with Crippen LogP contribution in [0.2, 0.25) is 0 Å². The van der Waals surface area contributed by atoms with Crippen LogP contribution in [0.4, 0.5) is 17.2 Å². The van der Waals surface area contributed by atoms with Crippen molar-refractivity contribution >= 4 is 34.0 Å². The number of pyridine rings is 1. The van der Waals surface area contributed by atoms with Crippen LogP contribution in [-0.4, -0.2) is 42.1 Å². The highest BCUT2D eigenvalue weighted by Crippen LogP contribution is 2.40. The predicted octanol–water partition coefficient (Wildman–Crippen LogP) is 3.71. The van der Waals surface area contributed by atoms with E-state index >= 15 is 0 Å². The summed E-state index contributed by atoms with van der Waals surface area (Å²) in [6, 6.07) is 7.37. The molecular formula is C23H26N6O3S. The van der Waals surface area contributed by atoms with Crippen LogP contribution in [0.5, 0.6) is 5.75 Å². The molecule has 33 heavy (non-hydrogen) atoms. The van der Waals surface area contributed by atoms with Gasteiger partial charge >= 0.3 is 0 Å². The van der Waals surface area contributed by atoms with E-state index in [1.54, 1.807) is 37.4 Å². The van der Waals surface area contributed by atoms with E-state index in [4.69, 9.17) is 4.74 Å². The molecule has 172 valence electrons. The number of Topliss-reactive ketones (excluding diaryl/α,β-unsaturated/α-hetero) is 1. The van der Waals surface area contributed by atoms with E-state index in [0.29, 0.717) is 40.2 Å². The molecular weight excluding hydrogens is 440 g/mol. The van der Waals surface area contributed by atoms with Crippen molar-refractivity contribution in [2.24, 2.45) is 18.9 Å². The summed E-state index contributed by atoms with van der Waals surface area (Å²) in [7, 11) is 2.18. The number of carbonyl (C=O) groups excluding carboxylic acids is 1. The van der Waals surface area contributed by atoms with Gasteiger partial charge < -0.3 is 10.1 Å². The first-order valence-corrected chi connectivity index (χ1v) is 12.2. The van der Waals surface area contributed by atoms with E-state index in [2.05, 4.69) is 32.0 Å². The Morgan fingerprint density at radius 1 is 1.24 bits per heavy atom. The number of benzene rings is 1. The summed E-state index contributed by atoms with van der Waals surface area (Å²) in [6.45, 7) is 2.08. The first kappa shape index (κ1) is 21.6. The number of rotatable bonds is 9. The molecule has 0 bridgehead atoms. The summed E-state index contributed by atoms with van der Waals surface area (Å²) in [5.74, 6) is 2.12. The average Bonchev–Trinajstić information content (AvgIpc) is 3.72. The van der Waals surface area contributed by atoms with Crippen LogP contribution in [0.15, 0.2) is 36.8 Å². The largest absolute Gasteiger partial charge is 0.494 e. The Morgan fingerprint density at radius 3 is 2.67 bits per heavy atom. The Labute approximate surface area is 194 Å². The number of hydrogen-bond donors (Lipinski definition) is 2. The molecule has 2 N–H and O–H groups in total. The van der Waals surface area contributed by atoms with Crippen molar-refractivity contribution in [3.05, 3.63) is 42.4 Å². The highest BCUT2D eigenvalue weighted by molar-refractivity contribution is 7.87. The lowest BCUT2D eigenvalue weighted by atomic mass is 10.1. The molecule has 2 saturated carbocycles. The number of aromatic nitrogens is 4. The van der Waals surface area contributed by atoms with Crippen LogP contribution in [0.3, 0.4) is 0 Å². The number of para-hydroxylation sites is 1. The van der Waals surface area contributed by atoms with Gasteiger partial charge in [-0.1, -0.05) is 13.0 Å². The molecule has 2 aromatic heterocycles. The van der Waals surface area contributed by atoms with E-state index in [1.807, 2.05) is 18.2 Å². The van der Waals surface area contributed by atoms with Gasteiger partial charge in [-0.25, -0.2) is 14.2 Å². The molecule has 0 amide bonds. The normalized spacial score (nSPS) is 20.2. The third kappa shape index (κ3) is 4.47. The fourth-order valence-electron chi connectivity index (χ4n) is 3.78. The maximum absolute atomic E-state index is 12.9. The molecule has 9 nitrogen and oxygen atoms in total. The number of nitrogens with zero attached hydrogens (tertiary/aromatic N) is 4. The van der Waals surface area contributed by atoms with Gasteiger partial charge in [0.15, 0.2) is 17.4 Å². The average molecular weight is 467 g/mol. The Kier molecular flexibility index (Phi) is 5.61. The second-order valence-corrected chi connectivity index (χ2v) is 10.1. The first-order valence-electron chi connectivity index (χ1n) is 11.0. The topological polar surface area (TPSA) is 111 Å². The molecule has 0 radical (unpaired) electrons. The summed E-state index contributed by atoms with van der Waals surface area (Å²) < 4.78 is 22.9. The van der Waals surface area contributed by atoms with Crippen molar-refractivity contribution in [1.82, 2.24) is 19.7 Å². The van der Waals surface area contributed by atoms with Crippen LogP contribution in [0, 0.1) is 11.8 Å². The maximum Gasteiger partial charge on any atom is 0.184 e. The van der Waals surface area contributed by atoms with Gasteiger partial charge in [-0.2, -0.15) is 5.10 Å². The summed E-state index contributed by atoms with van der Waals surface area (Å²) in [5, 5.41) is 7.87. The van der Waals surface area contributed by atoms with Crippen molar-refractivity contribution in [1.29, 1.82) is 0 Å². The summed E-state index contributed by atoms with van der Waals surface area (Å²) in [5.41, 5.74) is 2.50. The van der Waals surface area contributed by atoms with E-state index in [0.717, 1.165) is 24.8 Å². The van der Waals surface area contributed by atoms with Crippen molar-refractivity contribution in [2.75, 3.05) is 17.1 Å². The van der Waals surface area contributed by atoms with Gasteiger partial charge in [-0.05, 0) is 37.3 Å². The Balaban J connectivity index is 1.50. The third-order valence-corrected chi connectivity index (χ3v) is 7.58. The molecule has 3 aromatic rings. The zero-order valence-corrected chi connectivity index (χ0v) is 19.6. The smallest absolute Gasteiger partial charge is 0.184 e. The lowest BCUT2D eigenvalue weighted by Crippen LogP contribution is -2.13. The van der Waals surface area contributed by atoms with Crippen LogP contribution in [0.1, 0.15) is 36.5 Å². The fourth-order valence-corrected chi connectivity index (χ4v) is 5.15. The Bertz CT molecular complexity index is 1240. The maximum atomic E-state index is 12.9. The molecule has 5 rings (SSSR count). The summed E-state index contributed by atoms with van der Waals surface area (Å²) in [4.78, 5) is 21.7. The second-order valence-electron chi connectivity index (χ2n) is 8.66. The standard InChI is InChI=1S/C23H26N6O3S/c1-13-9-19(13)33(31)28-20-10-18(16(11-24-20)21(30)14-7-8-14)26-17-6-4-5-15(22(17)32-3)23-25-12-29(2)27-23/h4-6,10-14,19H,7-9H2,1-3H3,(H2,24,26,28). The van der Waals surface area contributed by atoms with Crippen LogP contribution >= 0.6 is 0 Å². The van der Waals surface area contributed by atoms with Crippen molar-refractivity contribution in [2.45, 2.75) is 31.4 Å². The van der Waals surface area contributed by atoms with Gasteiger partial charge in [0.2, 0.25) is 0 Å². The quantitative estimate of drug-likeness (QED) is 0.463. The number of methoxy groups -OCH3 is 1. The number of carbonyl (C=O) groups is 1. The molecule has 0 saturated heterocycles. The SMILES string of the molecule is COc1c(Nc2cc(NS(=O)C3CC3C)ncc2C(=O)C2CC2)cccc1-c1ncn(C)n1. The summed E-state index contributed by atoms with van der Waals surface area (Å²) >= 11 is 0. The van der Waals surface area contributed by atoms with Gasteiger partial charge in [-0.15, -0.1) is 0 Å². The lowest BCUT2D eigenvalue weighted by Gasteiger charge is -2.17. The highest BCUT2D eigenvalue weighted by Gasteiger charge is 2.38. The predicted molar refractivity (Wildman–Crippen MR) is 127 cm³/mol. The van der Waals surface area contributed by atoms with Gasteiger partial charge in [0, 0.05) is 25.2 Å². The zero-order valence-electron chi connectivity index (χ0n) is 18.7. The molecule has 3 atom stereocenters. The lowest BCUT2D eigenvalue weighted by molar-refractivity contribution is 0.0968.